The van der Waals surface area contributed by atoms with Gasteiger partial charge in [0.1, 0.15) is 5.75 Å². The Bertz CT molecular complexity index is 262. The summed E-state index contributed by atoms with van der Waals surface area (Å²) in [6, 6.07) is 0. The third-order valence-corrected chi connectivity index (χ3v) is 3.00. The summed E-state index contributed by atoms with van der Waals surface area (Å²) >= 11 is 0. The molecule has 0 aromatic heterocycles. The van der Waals surface area contributed by atoms with Crippen LogP contribution in [-0.2, 0) is 25.1 Å². The summed E-state index contributed by atoms with van der Waals surface area (Å²) in [5.41, 5.74) is 0. The number of rotatable bonds is 8. The van der Waals surface area contributed by atoms with E-state index >= 15 is 0 Å². The molecule has 0 aliphatic heterocycles. The molecule has 0 aromatic carbocycles. The molecule has 0 radical (unpaired) electrons. The molecule has 0 aliphatic rings. The second kappa shape index (κ2) is 8.27. The lowest BCUT2D eigenvalue weighted by Gasteiger charge is -2.06. The Balaban J connectivity index is 3.62. The minimum atomic E-state index is -1.44. The van der Waals surface area contributed by atoms with Gasteiger partial charge in [0.2, 0.25) is 0 Å². The lowest BCUT2D eigenvalue weighted by Crippen LogP contribution is -2.18. The van der Waals surface area contributed by atoms with Gasteiger partial charge in [0.15, 0.2) is 0 Å². The highest BCUT2D eigenvalue weighted by Gasteiger charge is 2.10. The van der Waals surface area contributed by atoms with Crippen molar-refractivity contribution in [1.29, 1.82) is 0 Å². The van der Waals surface area contributed by atoms with Crippen molar-refractivity contribution in [2.24, 2.45) is 5.92 Å². The predicted molar refractivity (Wildman–Crippen MR) is 60.5 cm³/mol. The van der Waals surface area contributed by atoms with Gasteiger partial charge in [0, 0.05) is 16.6 Å². The highest BCUT2D eigenvalue weighted by Crippen LogP contribution is 1.99. The Kier molecular flexibility index (Phi) is 7.80. The van der Waals surface area contributed by atoms with Crippen LogP contribution in [0.25, 0.3) is 0 Å². The highest BCUT2D eigenvalue weighted by molar-refractivity contribution is 7.85. The van der Waals surface area contributed by atoms with Gasteiger partial charge in [-0.3, -0.25) is 13.8 Å². The highest BCUT2D eigenvalue weighted by atomic mass is 32.2. The van der Waals surface area contributed by atoms with Crippen LogP contribution in [0, 0.1) is 5.92 Å². The maximum absolute atomic E-state index is 11.2. The number of carboxylic acids is 1. The van der Waals surface area contributed by atoms with Gasteiger partial charge in [-0.2, -0.15) is 0 Å². The summed E-state index contributed by atoms with van der Waals surface area (Å²) in [6.07, 6.45) is 0.583. The van der Waals surface area contributed by atoms with Crippen LogP contribution in [0.5, 0.6) is 0 Å². The van der Waals surface area contributed by atoms with E-state index in [1.165, 1.54) is 0 Å². The van der Waals surface area contributed by atoms with Crippen molar-refractivity contribution in [1.82, 2.24) is 0 Å². The van der Waals surface area contributed by atoms with Gasteiger partial charge in [-0.05, 0) is 12.3 Å². The first-order valence-corrected chi connectivity index (χ1v) is 6.63. The second-order valence-corrected chi connectivity index (χ2v) is 5.41. The van der Waals surface area contributed by atoms with Crippen molar-refractivity contribution >= 4 is 22.7 Å². The first-order valence-electron chi connectivity index (χ1n) is 5.14. The molecule has 0 aliphatic carbocycles. The summed E-state index contributed by atoms with van der Waals surface area (Å²) in [4.78, 5) is 21.3. The number of carbonyl (C=O) groups excluding carboxylic acids is 1. The van der Waals surface area contributed by atoms with E-state index in [4.69, 9.17) is 9.84 Å². The molecule has 6 heteroatoms. The number of ether oxygens (including phenoxy) is 1. The first-order chi connectivity index (χ1) is 7.41. The molecule has 5 nitrogen and oxygen atoms in total. The zero-order valence-electron chi connectivity index (χ0n) is 9.60. The Hall–Kier alpha value is -0.910. The van der Waals surface area contributed by atoms with E-state index < -0.39 is 22.7 Å². The number of hydrogen-bond acceptors (Lipinski definition) is 4. The zero-order chi connectivity index (χ0) is 12.6. The molecule has 0 bridgehead atoms. The minimum Gasteiger partial charge on any atom is -0.481 e. The van der Waals surface area contributed by atoms with Gasteiger partial charge in [-0.25, -0.2) is 0 Å². The molecule has 1 atom stereocenters. The van der Waals surface area contributed by atoms with E-state index in [0.29, 0.717) is 12.5 Å². The van der Waals surface area contributed by atoms with Crippen LogP contribution < -0.4 is 0 Å². The first kappa shape index (κ1) is 15.1. The smallest absolute Gasteiger partial charge is 0.318 e. The summed E-state index contributed by atoms with van der Waals surface area (Å²) in [7, 11) is -1.44. The van der Waals surface area contributed by atoms with Gasteiger partial charge in [-0.15, -0.1) is 0 Å². The topological polar surface area (TPSA) is 80.7 Å². The molecular formula is C10H18O5S. The van der Waals surface area contributed by atoms with Crippen molar-refractivity contribution in [3.8, 4) is 0 Å². The number of carboxylic acid groups (broad SMARTS) is 1. The van der Waals surface area contributed by atoms with Crippen molar-refractivity contribution in [2.45, 2.75) is 26.7 Å². The lowest BCUT2D eigenvalue weighted by atomic mass is 10.1. The summed E-state index contributed by atoms with van der Waals surface area (Å²) < 4.78 is 16.1. The van der Waals surface area contributed by atoms with Crippen LogP contribution in [-0.4, -0.2) is 39.4 Å². The molecule has 0 amide bonds. The molecule has 0 fully saturated rings. The standard InChI is InChI=1S/C10H18O5S/c1-8(2)3-5-15-10(13)7-16(14)6-4-9(11)12/h8H,3-7H2,1-2H3,(H,11,12). The fourth-order valence-corrected chi connectivity index (χ4v) is 1.75. The zero-order valence-corrected chi connectivity index (χ0v) is 10.4. The Morgan fingerprint density at radius 2 is 2.00 bits per heavy atom. The molecule has 1 unspecified atom stereocenters. The van der Waals surface area contributed by atoms with Crippen LogP contribution in [0.2, 0.25) is 0 Å². The fourth-order valence-electron chi connectivity index (χ4n) is 0.855. The maximum Gasteiger partial charge on any atom is 0.318 e. The van der Waals surface area contributed by atoms with Crippen LogP contribution in [0.1, 0.15) is 26.7 Å². The van der Waals surface area contributed by atoms with Crippen molar-refractivity contribution in [2.75, 3.05) is 18.1 Å². The summed E-state index contributed by atoms with van der Waals surface area (Å²) in [5.74, 6) is -1.31. The molecular weight excluding hydrogens is 232 g/mol. The Labute approximate surface area is 97.6 Å². The number of esters is 1. The van der Waals surface area contributed by atoms with E-state index in [1.54, 1.807) is 0 Å². The average molecular weight is 250 g/mol. The van der Waals surface area contributed by atoms with Gasteiger partial charge >= 0.3 is 11.9 Å². The van der Waals surface area contributed by atoms with Gasteiger partial charge in [0.05, 0.1) is 13.0 Å². The van der Waals surface area contributed by atoms with E-state index in [1.807, 2.05) is 13.8 Å². The molecule has 16 heavy (non-hydrogen) atoms. The van der Waals surface area contributed by atoms with Crippen molar-refractivity contribution < 1.29 is 23.6 Å². The molecule has 0 saturated heterocycles. The van der Waals surface area contributed by atoms with Gasteiger partial charge in [0.25, 0.3) is 0 Å². The van der Waals surface area contributed by atoms with E-state index in [0.717, 1.165) is 6.42 Å². The summed E-state index contributed by atoms with van der Waals surface area (Å²) in [6.45, 7) is 4.35. The molecule has 0 spiro atoms. The Morgan fingerprint density at radius 3 is 2.50 bits per heavy atom. The molecule has 1 N–H and O–H groups in total. The largest absolute Gasteiger partial charge is 0.481 e. The lowest BCUT2D eigenvalue weighted by molar-refractivity contribution is -0.141. The van der Waals surface area contributed by atoms with Crippen LogP contribution >= 0.6 is 0 Å². The predicted octanol–water partition coefficient (Wildman–Crippen LogP) is 0.799. The SMILES string of the molecule is CC(C)CCOC(=O)CS(=O)CCC(=O)O. The number of aliphatic carboxylic acids is 1. The monoisotopic (exact) mass is 250 g/mol. The van der Waals surface area contributed by atoms with Crippen molar-refractivity contribution in [3.05, 3.63) is 0 Å². The molecule has 0 rings (SSSR count). The van der Waals surface area contributed by atoms with E-state index in [2.05, 4.69) is 0 Å². The van der Waals surface area contributed by atoms with Crippen LogP contribution in [0.3, 0.4) is 0 Å². The average Bonchev–Trinajstić information content (AvgIpc) is 2.14. The number of carbonyl (C=O) groups is 2. The van der Waals surface area contributed by atoms with Crippen LogP contribution in [0.15, 0.2) is 0 Å². The molecule has 0 aromatic rings. The molecule has 94 valence electrons. The minimum absolute atomic E-state index is 0.00534. The number of hydrogen-bond donors (Lipinski definition) is 1. The summed E-state index contributed by atoms with van der Waals surface area (Å²) in [5, 5.41) is 8.35. The quantitative estimate of drug-likeness (QED) is 0.644. The van der Waals surface area contributed by atoms with Crippen molar-refractivity contribution in [3.63, 3.8) is 0 Å². The Morgan fingerprint density at radius 1 is 1.38 bits per heavy atom. The van der Waals surface area contributed by atoms with E-state index in [9.17, 15) is 13.8 Å². The van der Waals surface area contributed by atoms with Gasteiger partial charge < -0.3 is 9.84 Å². The van der Waals surface area contributed by atoms with Gasteiger partial charge in [-0.1, -0.05) is 13.8 Å². The van der Waals surface area contributed by atoms with E-state index in [-0.39, 0.29) is 17.9 Å². The maximum atomic E-state index is 11.2. The molecule has 0 saturated carbocycles. The normalized spacial score (nSPS) is 12.4. The fraction of sp³-hybridized carbons (Fsp3) is 0.800. The third kappa shape index (κ3) is 9.64. The second-order valence-electron chi connectivity index (χ2n) is 3.84. The third-order valence-electron chi connectivity index (χ3n) is 1.78. The molecule has 0 heterocycles. The van der Waals surface area contributed by atoms with Crippen LogP contribution in [0.4, 0.5) is 0 Å².